The number of rotatable bonds is 8. The third-order valence-corrected chi connectivity index (χ3v) is 5.39. The second-order valence-electron chi connectivity index (χ2n) is 6.08. The Morgan fingerprint density at radius 2 is 2.04 bits per heavy atom. The van der Waals surface area contributed by atoms with Crippen LogP contribution in [-0.2, 0) is 11.3 Å². The van der Waals surface area contributed by atoms with E-state index < -0.39 is 6.04 Å². The van der Waals surface area contributed by atoms with Gasteiger partial charge in [0.25, 0.3) is 0 Å². The van der Waals surface area contributed by atoms with Gasteiger partial charge in [0, 0.05) is 10.3 Å². The smallest absolute Gasteiger partial charge is 0.246 e. The number of hydrogen-bond acceptors (Lipinski definition) is 8. The second-order valence-corrected chi connectivity index (χ2v) is 7.54. The Balaban J connectivity index is 2.05. The van der Waals surface area contributed by atoms with Gasteiger partial charge in [-0.15, -0.1) is 0 Å². The number of carbonyl (C=O) groups is 1. The minimum Gasteiger partial charge on any atom is -0.493 e. The Kier molecular flexibility index (Phi) is 6.49. The van der Waals surface area contributed by atoms with E-state index in [1.165, 1.54) is 11.8 Å². The normalized spacial score (nSPS) is 12.5. The summed E-state index contributed by atoms with van der Waals surface area (Å²) in [5.74, 6) is 1.59. The number of hydrogen-bond donors (Lipinski definition) is 2. The van der Waals surface area contributed by atoms with Gasteiger partial charge in [0.15, 0.2) is 11.5 Å². The van der Waals surface area contributed by atoms with E-state index in [1.807, 2.05) is 20.1 Å². The third kappa shape index (κ3) is 4.47. The largest absolute Gasteiger partial charge is 0.493 e. The average Bonchev–Trinajstić information content (AvgIpc) is 3.13. The summed E-state index contributed by atoms with van der Waals surface area (Å²) in [4.78, 5) is 16.5. The summed E-state index contributed by atoms with van der Waals surface area (Å²) in [6, 6.07) is 4.66. The van der Waals surface area contributed by atoms with Gasteiger partial charge in [0.1, 0.15) is 0 Å². The highest BCUT2D eigenvalue weighted by molar-refractivity contribution is 8.00. The summed E-state index contributed by atoms with van der Waals surface area (Å²) in [5.41, 5.74) is 6.71. The molecule has 0 aliphatic rings. The first-order valence-corrected chi connectivity index (χ1v) is 9.18. The monoisotopic (exact) mass is 380 g/mol. The zero-order chi connectivity index (χ0) is 19.3. The van der Waals surface area contributed by atoms with E-state index in [9.17, 15) is 4.79 Å². The molecule has 0 aliphatic heterocycles. The number of nitrogens with one attached hydrogen (secondary N) is 1. The number of nitrogens with two attached hydrogens (primary N) is 1. The van der Waals surface area contributed by atoms with E-state index >= 15 is 0 Å². The quantitative estimate of drug-likeness (QED) is 0.713. The lowest BCUT2D eigenvalue weighted by molar-refractivity contribution is -0.123. The molecule has 26 heavy (non-hydrogen) atoms. The highest BCUT2D eigenvalue weighted by Gasteiger charge is 2.31. The maximum atomic E-state index is 12.2. The Morgan fingerprint density at radius 1 is 1.35 bits per heavy atom. The van der Waals surface area contributed by atoms with Crippen LogP contribution in [0, 0.1) is 0 Å². The van der Waals surface area contributed by atoms with Crippen molar-refractivity contribution in [1.29, 1.82) is 0 Å². The van der Waals surface area contributed by atoms with Gasteiger partial charge in [-0.3, -0.25) is 4.79 Å². The van der Waals surface area contributed by atoms with Gasteiger partial charge in [-0.2, -0.15) is 16.7 Å². The van der Waals surface area contributed by atoms with Crippen molar-refractivity contribution in [3.63, 3.8) is 0 Å². The molecule has 3 N–H and O–H groups in total. The van der Waals surface area contributed by atoms with E-state index in [0.717, 1.165) is 0 Å². The highest BCUT2D eigenvalue weighted by Crippen LogP contribution is 2.31. The van der Waals surface area contributed by atoms with Crippen molar-refractivity contribution in [3.8, 4) is 22.9 Å². The maximum Gasteiger partial charge on any atom is 0.246 e. The van der Waals surface area contributed by atoms with Crippen LogP contribution in [0.25, 0.3) is 11.4 Å². The molecule has 0 unspecified atom stereocenters. The van der Waals surface area contributed by atoms with E-state index in [0.29, 0.717) is 22.9 Å². The molecule has 2 rings (SSSR count). The topological polar surface area (TPSA) is 113 Å². The number of benzene rings is 1. The summed E-state index contributed by atoms with van der Waals surface area (Å²) in [5, 5.41) is 6.66. The number of thioether (sulfide) groups is 1. The third-order valence-electron chi connectivity index (χ3n) is 4.08. The molecule has 0 bridgehead atoms. The van der Waals surface area contributed by atoms with Crippen molar-refractivity contribution in [1.82, 2.24) is 15.5 Å². The molecular weight excluding hydrogens is 356 g/mol. The minimum absolute atomic E-state index is 0.108. The van der Waals surface area contributed by atoms with Crippen molar-refractivity contribution in [2.45, 2.75) is 31.2 Å². The van der Waals surface area contributed by atoms with Crippen LogP contribution in [0.4, 0.5) is 0 Å². The van der Waals surface area contributed by atoms with E-state index in [2.05, 4.69) is 15.5 Å². The van der Waals surface area contributed by atoms with Crippen LogP contribution in [0.5, 0.6) is 11.5 Å². The molecule has 0 saturated carbocycles. The molecule has 1 amide bonds. The van der Waals surface area contributed by atoms with E-state index in [1.54, 1.807) is 32.4 Å². The van der Waals surface area contributed by atoms with Crippen molar-refractivity contribution in [2.75, 3.05) is 20.5 Å². The number of carbonyl (C=O) groups excluding carboxylic acids is 1. The van der Waals surface area contributed by atoms with Gasteiger partial charge >= 0.3 is 0 Å². The zero-order valence-electron chi connectivity index (χ0n) is 15.5. The zero-order valence-corrected chi connectivity index (χ0v) is 16.3. The van der Waals surface area contributed by atoms with E-state index in [-0.39, 0.29) is 23.1 Å². The fraction of sp³-hybridized carbons (Fsp3) is 0.471. The predicted octanol–water partition coefficient (Wildman–Crippen LogP) is 1.84. The summed E-state index contributed by atoms with van der Waals surface area (Å²) < 4.78 is 15.3. The molecule has 142 valence electrons. The Hall–Kier alpha value is -2.26. The lowest BCUT2D eigenvalue weighted by Gasteiger charge is -2.28. The van der Waals surface area contributed by atoms with Gasteiger partial charge in [-0.05, 0) is 38.3 Å². The van der Waals surface area contributed by atoms with E-state index in [4.69, 9.17) is 19.7 Å². The predicted molar refractivity (Wildman–Crippen MR) is 100 cm³/mol. The van der Waals surface area contributed by atoms with Gasteiger partial charge in [-0.25, -0.2) is 0 Å². The van der Waals surface area contributed by atoms with Crippen molar-refractivity contribution < 1.29 is 18.8 Å². The van der Waals surface area contributed by atoms with Gasteiger partial charge < -0.3 is 25.0 Å². The lowest BCUT2D eigenvalue weighted by atomic mass is 10.0. The Bertz CT molecular complexity index is 763. The van der Waals surface area contributed by atoms with Gasteiger partial charge in [-0.1, -0.05) is 5.16 Å². The van der Waals surface area contributed by atoms with Crippen LogP contribution < -0.4 is 20.5 Å². The number of amides is 1. The van der Waals surface area contributed by atoms with Crippen molar-refractivity contribution in [2.24, 2.45) is 5.73 Å². The summed E-state index contributed by atoms with van der Waals surface area (Å²) >= 11 is 1.53. The van der Waals surface area contributed by atoms with Gasteiger partial charge in [0.05, 0.1) is 26.8 Å². The fourth-order valence-corrected chi connectivity index (χ4v) is 2.50. The van der Waals surface area contributed by atoms with Crippen LogP contribution in [0.1, 0.15) is 19.7 Å². The lowest BCUT2D eigenvalue weighted by Crippen LogP contribution is -2.51. The first-order valence-electron chi connectivity index (χ1n) is 7.95. The maximum absolute atomic E-state index is 12.2. The van der Waals surface area contributed by atoms with Crippen molar-refractivity contribution in [3.05, 3.63) is 24.1 Å². The summed E-state index contributed by atoms with van der Waals surface area (Å²) in [7, 11) is 3.12. The molecule has 8 nitrogen and oxygen atoms in total. The molecule has 1 atom stereocenters. The Morgan fingerprint density at radius 3 is 2.65 bits per heavy atom. The Labute approximate surface area is 156 Å². The highest BCUT2D eigenvalue weighted by atomic mass is 32.2. The SMILES string of the molecule is COc1ccc(-c2noc(CNC(=O)[C@@H](N)C(C)(C)SC)n2)cc1OC. The molecule has 0 fully saturated rings. The van der Waals surface area contributed by atoms with Crippen LogP contribution in [0.2, 0.25) is 0 Å². The number of nitrogens with zero attached hydrogens (tertiary/aromatic N) is 2. The van der Waals surface area contributed by atoms with Crippen LogP contribution in [-0.4, -0.2) is 47.3 Å². The van der Waals surface area contributed by atoms with Crippen LogP contribution in [0.15, 0.2) is 22.7 Å². The standard InChI is InChI=1S/C17H24N4O4S/c1-17(2,26-5)14(18)16(22)19-9-13-20-15(21-25-13)10-6-7-11(23-3)12(8-10)24-4/h6-8,14H,9,18H2,1-5H3,(H,19,22)/t14-/m1/s1. The summed E-state index contributed by atoms with van der Waals surface area (Å²) in [6.07, 6.45) is 1.92. The van der Waals surface area contributed by atoms with Crippen LogP contribution >= 0.6 is 11.8 Å². The second kappa shape index (κ2) is 8.41. The van der Waals surface area contributed by atoms with Crippen molar-refractivity contribution >= 4 is 17.7 Å². The molecule has 0 radical (unpaired) electrons. The minimum atomic E-state index is -0.647. The summed E-state index contributed by atoms with van der Waals surface area (Å²) in [6.45, 7) is 3.95. The molecule has 9 heteroatoms. The molecule has 1 aromatic carbocycles. The number of methoxy groups -OCH3 is 2. The molecular formula is C17H24N4O4S. The molecule has 0 spiro atoms. The number of aromatic nitrogens is 2. The molecule has 1 aromatic heterocycles. The molecule has 2 aromatic rings. The first-order chi connectivity index (χ1) is 12.3. The van der Waals surface area contributed by atoms with Crippen LogP contribution in [0.3, 0.4) is 0 Å². The first kappa shape index (κ1) is 20.1. The average molecular weight is 380 g/mol. The fourth-order valence-electron chi connectivity index (χ4n) is 2.13. The molecule has 1 heterocycles. The molecule has 0 aliphatic carbocycles. The molecule has 0 saturated heterocycles. The number of ether oxygens (including phenoxy) is 2. The van der Waals surface area contributed by atoms with Gasteiger partial charge in [0.2, 0.25) is 17.6 Å².